The third-order valence-corrected chi connectivity index (χ3v) is 5.56. The number of aliphatic carboxylic acids is 1. The predicted octanol–water partition coefficient (Wildman–Crippen LogP) is -0.981. The third kappa shape index (κ3) is 3.59. The molecule has 26 heavy (non-hydrogen) atoms. The second-order valence-corrected chi connectivity index (χ2v) is 6.99. The van der Waals surface area contributed by atoms with Crippen LogP contribution in [0.25, 0.3) is 0 Å². The van der Waals surface area contributed by atoms with Gasteiger partial charge in [0.25, 0.3) is 0 Å². The number of benzene rings is 2. The monoisotopic (exact) mass is 357 g/mol. The fraction of sp³-hybridized carbons (Fsp3) is 0.333. The summed E-state index contributed by atoms with van der Waals surface area (Å²) in [6, 6.07) is 15.9. The van der Waals surface area contributed by atoms with Gasteiger partial charge in [-0.3, -0.25) is 4.79 Å². The maximum Gasteiger partial charge on any atom is 1.00 e. The molecule has 4 nitrogen and oxygen atoms in total. The standard InChI is InChI=1S/C21H21NO3.Na/c23-20(22-12-15-6-1-2-7-16(15)13-22)11-19(21(24)25)18-10-9-14-5-3-4-8-17(14)18;/h1-8,18-19H,9-13H2,(H,24,25);/q;+1/p-1/t18-,19?;/m0./s1. The van der Waals surface area contributed by atoms with Gasteiger partial charge in [0.15, 0.2) is 0 Å². The first-order valence-electron chi connectivity index (χ1n) is 8.76. The Morgan fingerprint density at radius 1 is 1.00 bits per heavy atom. The van der Waals surface area contributed by atoms with Crippen LogP contribution in [0.3, 0.4) is 0 Å². The van der Waals surface area contributed by atoms with Crippen LogP contribution in [0.2, 0.25) is 0 Å². The van der Waals surface area contributed by atoms with Crippen molar-refractivity contribution in [1.82, 2.24) is 4.90 Å². The fourth-order valence-electron chi connectivity index (χ4n) is 4.22. The summed E-state index contributed by atoms with van der Waals surface area (Å²) >= 11 is 0. The summed E-state index contributed by atoms with van der Waals surface area (Å²) in [6.07, 6.45) is 1.65. The predicted molar refractivity (Wildman–Crippen MR) is 91.3 cm³/mol. The molecule has 1 aliphatic carbocycles. The molecule has 2 aromatic rings. The van der Waals surface area contributed by atoms with E-state index in [1.54, 1.807) is 4.90 Å². The molecule has 0 bridgehead atoms. The van der Waals surface area contributed by atoms with Crippen molar-refractivity contribution < 1.29 is 44.3 Å². The van der Waals surface area contributed by atoms with E-state index in [2.05, 4.69) is 0 Å². The Hall–Kier alpha value is -1.62. The van der Waals surface area contributed by atoms with E-state index >= 15 is 0 Å². The molecule has 128 valence electrons. The van der Waals surface area contributed by atoms with Gasteiger partial charge in [-0.25, -0.2) is 0 Å². The zero-order chi connectivity index (χ0) is 17.4. The molecule has 1 unspecified atom stereocenters. The number of carboxylic acids is 1. The van der Waals surface area contributed by atoms with Crippen molar-refractivity contribution in [3.63, 3.8) is 0 Å². The van der Waals surface area contributed by atoms with Crippen LogP contribution in [-0.4, -0.2) is 16.8 Å². The van der Waals surface area contributed by atoms with Gasteiger partial charge in [-0.15, -0.1) is 0 Å². The van der Waals surface area contributed by atoms with Crippen molar-refractivity contribution in [2.75, 3.05) is 0 Å². The molecule has 2 aliphatic rings. The number of hydrogen-bond acceptors (Lipinski definition) is 3. The molecule has 0 spiro atoms. The number of rotatable bonds is 4. The molecular weight excluding hydrogens is 337 g/mol. The number of carbonyl (C=O) groups is 2. The zero-order valence-electron chi connectivity index (χ0n) is 15.0. The molecule has 2 atom stereocenters. The Morgan fingerprint density at radius 3 is 2.19 bits per heavy atom. The third-order valence-electron chi connectivity index (χ3n) is 5.56. The van der Waals surface area contributed by atoms with E-state index in [1.165, 1.54) is 5.56 Å². The second-order valence-electron chi connectivity index (χ2n) is 6.99. The molecule has 0 saturated carbocycles. The Morgan fingerprint density at radius 2 is 1.58 bits per heavy atom. The average Bonchev–Trinajstić information content (AvgIpc) is 3.23. The van der Waals surface area contributed by atoms with E-state index in [9.17, 15) is 14.7 Å². The molecule has 0 saturated heterocycles. The number of carbonyl (C=O) groups excluding carboxylic acids is 2. The van der Waals surface area contributed by atoms with Crippen molar-refractivity contribution in [2.24, 2.45) is 5.92 Å². The Bertz CT molecular complexity index is 811. The summed E-state index contributed by atoms with van der Waals surface area (Å²) in [5, 5.41) is 11.8. The van der Waals surface area contributed by atoms with Crippen LogP contribution >= 0.6 is 0 Å². The topological polar surface area (TPSA) is 60.4 Å². The molecule has 1 aliphatic heterocycles. The van der Waals surface area contributed by atoms with Gasteiger partial charge in [0.2, 0.25) is 5.91 Å². The van der Waals surface area contributed by atoms with E-state index in [4.69, 9.17) is 0 Å². The summed E-state index contributed by atoms with van der Waals surface area (Å²) in [6.45, 7) is 1.13. The van der Waals surface area contributed by atoms with Crippen molar-refractivity contribution in [3.05, 3.63) is 70.8 Å². The zero-order valence-corrected chi connectivity index (χ0v) is 17.0. The maximum absolute atomic E-state index is 12.7. The summed E-state index contributed by atoms with van der Waals surface area (Å²) in [5.41, 5.74) is 4.55. The molecular formula is C21H20NNaO3. The fourth-order valence-corrected chi connectivity index (χ4v) is 4.22. The van der Waals surface area contributed by atoms with Crippen LogP contribution in [0.15, 0.2) is 48.5 Å². The number of aryl methyl sites for hydroxylation is 1. The number of fused-ring (bicyclic) bond motifs is 2. The smallest absolute Gasteiger partial charge is 0.550 e. The van der Waals surface area contributed by atoms with Gasteiger partial charge in [0, 0.05) is 31.4 Å². The van der Waals surface area contributed by atoms with Crippen molar-refractivity contribution in [2.45, 2.75) is 38.3 Å². The molecule has 0 radical (unpaired) electrons. The van der Waals surface area contributed by atoms with Gasteiger partial charge in [-0.2, -0.15) is 0 Å². The van der Waals surface area contributed by atoms with Crippen molar-refractivity contribution in [3.8, 4) is 0 Å². The van der Waals surface area contributed by atoms with E-state index in [0.29, 0.717) is 13.1 Å². The van der Waals surface area contributed by atoms with Gasteiger partial charge < -0.3 is 14.8 Å². The Balaban J connectivity index is 0.00000196. The average molecular weight is 357 g/mol. The van der Waals surface area contributed by atoms with Gasteiger partial charge in [0.05, 0.1) is 0 Å². The van der Waals surface area contributed by atoms with Crippen LogP contribution in [0.5, 0.6) is 0 Å². The summed E-state index contributed by atoms with van der Waals surface area (Å²) < 4.78 is 0. The SMILES string of the molecule is O=C([O-])C(CC(=O)N1Cc2ccccc2C1)[C@H]1CCc2ccccc21.[Na+]. The van der Waals surface area contributed by atoms with Crippen LogP contribution in [0, 0.1) is 5.92 Å². The first kappa shape index (κ1) is 19.2. The van der Waals surface area contributed by atoms with Gasteiger partial charge in [-0.1, -0.05) is 48.5 Å². The minimum absolute atomic E-state index is 0. The molecule has 0 fully saturated rings. The normalized spacial score (nSPS) is 18.6. The van der Waals surface area contributed by atoms with Crippen LogP contribution in [-0.2, 0) is 29.1 Å². The first-order valence-corrected chi connectivity index (χ1v) is 8.76. The number of amides is 1. The van der Waals surface area contributed by atoms with Crippen LogP contribution in [0.1, 0.15) is 41.0 Å². The Labute approximate surface area is 175 Å². The summed E-state index contributed by atoms with van der Waals surface area (Å²) in [4.78, 5) is 26.3. The molecule has 2 aromatic carbocycles. The number of carboxylic acid groups (broad SMARTS) is 1. The maximum atomic E-state index is 12.7. The molecule has 4 rings (SSSR count). The van der Waals surface area contributed by atoms with Crippen LogP contribution < -0.4 is 34.7 Å². The minimum atomic E-state index is -1.12. The first-order chi connectivity index (χ1) is 12.1. The van der Waals surface area contributed by atoms with Crippen LogP contribution in [0.4, 0.5) is 0 Å². The van der Waals surface area contributed by atoms with Gasteiger partial charge in [0.1, 0.15) is 0 Å². The second kappa shape index (κ2) is 7.95. The number of hydrogen-bond donors (Lipinski definition) is 0. The summed E-state index contributed by atoms with van der Waals surface area (Å²) in [5.74, 6) is -2.11. The molecule has 0 aromatic heterocycles. The van der Waals surface area contributed by atoms with E-state index in [0.717, 1.165) is 29.5 Å². The summed E-state index contributed by atoms with van der Waals surface area (Å²) in [7, 11) is 0. The van der Waals surface area contributed by atoms with Crippen molar-refractivity contribution >= 4 is 11.9 Å². The molecule has 5 heteroatoms. The van der Waals surface area contributed by atoms with Gasteiger partial charge in [-0.05, 0) is 41.0 Å². The minimum Gasteiger partial charge on any atom is -0.550 e. The van der Waals surface area contributed by atoms with Gasteiger partial charge >= 0.3 is 29.6 Å². The molecule has 1 amide bonds. The van der Waals surface area contributed by atoms with E-state index < -0.39 is 11.9 Å². The Kier molecular flexibility index (Phi) is 5.86. The molecule has 1 heterocycles. The largest absolute Gasteiger partial charge is 1.00 e. The molecule has 0 N–H and O–H groups in total. The van der Waals surface area contributed by atoms with Crippen molar-refractivity contribution in [1.29, 1.82) is 0 Å². The number of nitrogens with zero attached hydrogens (tertiary/aromatic N) is 1. The van der Waals surface area contributed by atoms with E-state index in [-0.39, 0.29) is 47.8 Å². The quantitative estimate of drug-likeness (QED) is 0.661. The van der Waals surface area contributed by atoms with E-state index in [1.807, 2.05) is 48.5 Å².